The van der Waals surface area contributed by atoms with Crippen LogP contribution < -0.4 is 10.6 Å². The van der Waals surface area contributed by atoms with Gasteiger partial charge in [0.05, 0.1) is 0 Å². The van der Waals surface area contributed by atoms with Gasteiger partial charge in [-0.3, -0.25) is 4.90 Å². The van der Waals surface area contributed by atoms with E-state index in [1.165, 1.54) is 24.2 Å². The molecule has 2 aliphatic heterocycles. The van der Waals surface area contributed by atoms with E-state index in [4.69, 9.17) is 4.74 Å². The number of likely N-dealkylation sites (tertiary alicyclic amines) is 1. The van der Waals surface area contributed by atoms with E-state index in [1.54, 1.807) is 12.1 Å². The highest BCUT2D eigenvalue weighted by molar-refractivity contribution is 7.90. The van der Waals surface area contributed by atoms with E-state index in [-0.39, 0.29) is 10.7 Å². The second-order valence-electron chi connectivity index (χ2n) is 9.33. The molecule has 3 aromatic rings. The molecular formula is C24H29N7O3S. The number of pyridine rings is 2. The number of sulfone groups is 1. The topological polar surface area (TPSA) is 122 Å². The minimum atomic E-state index is -3.44. The fourth-order valence-electron chi connectivity index (χ4n) is 4.68. The van der Waals surface area contributed by atoms with Crippen LogP contribution in [-0.4, -0.2) is 65.8 Å². The molecule has 2 N–H and O–H groups in total. The van der Waals surface area contributed by atoms with Crippen molar-refractivity contribution in [2.75, 3.05) is 43.2 Å². The molecule has 184 valence electrons. The SMILES string of the molecule is C[C@H](c1ccc(Nc2cc(Nc3ncccc3S(C)(=O)=O)ncn2)nc1)N1CC2(CCOCC2)C1. The van der Waals surface area contributed by atoms with Gasteiger partial charge in [-0.2, -0.15) is 0 Å². The molecule has 2 aliphatic rings. The molecule has 0 aliphatic carbocycles. The fraction of sp³-hybridized carbons (Fsp3) is 0.417. The number of hydrogen-bond acceptors (Lipinski definition) is 10. The van der Waals surface area contributed by atoms with E-state index in [2.05, 4.69) is 48.5 Å². The molecule has 0 unspecified atom stereocenters. The smallest absolute Gasteiger partial charge is 0.179 e. The average molecular weight is 496 g/mol. The lowest BCUT2D eigenvalue weighted by molar-refractivity contribution is -0.0953. The number of anilines is 4. The van der Waals surface area contributed by atoms with Crippen LogP contribution in [0.5, 0.6) is 0 Å². The van der Waals surface area contributed by atoms with Crippen molar-refractivity contribution in [2.45, 2.75) is 30.7 Å². The molecule has 5 rings (SSSR count). The first-order valence-electron chi connectivity index (χ1n) is 11.6. The highest BCUT2D eigenvalue weighted by Crippen LogP contribution is 2.43. The zero-order valence-electron chi connectivity index (χ0n) is 19.8. The summed E-state index contributed by atoms with van der Waals surface area (Å²) in [5.74, 6) is 1.81. The first kappa shape index (κ1) is 23.6. The zero-order valence-corrected chi connectivity index (χ0v) is 20.6. The van der Waals surface area contributed by atoms with E-state index in [1.807, 2.05) is 12.3 Å². The number of hydrogen-bond donors (Lipinski definition) is 2. The quantitative estimate of drug-likeness (QED) is 0.505. The Labute approximate surface area is 205 Å². The van der Waals surface area contributed by atoms with Gasteiger partial charge in [0.25, 0.3) is 0 Å². The van der Waals surface area contributed by atoms with Gasteiger partial charge in [-0.25, -0.2) is 28.4 Å². The molecule has 35 heavy (non-hydrogen) atoms. The predicted octanol–water partition coefficient (Wildman–Crippen LogP) is 3.33. The van der Waals surface area contributed by atoms with E-state index in [0.717, 1.165) is 45.4 Å². The third-order valence-electron chi connectivity index (χ3n) is 6.79. The molecule has 5 heterocycles. The predicted molar refractivity (Wildman–Crippen MR) is 133 cm³/mol. The Hall–Kier alpha value is -3.15. The lowest BCUT2D eigenvalue weighted by Crippen LogP contribution is -2.58. The average Bonchev–Trinajstić information content (AvgIpc) is 2.83. The van der Waals surface area contributed by atoms with Crippen molar-refractivity contribution in [1.29, 1.82) is 0 Å². The van der Waals surface area contributed by atoms with Gasteiger partial charge in [0.15, 0.2) is 9.84 Å². The van der Waals surface area contributed by atoms with Crippen molar-refractivity contribution < 1.29 is 13.2 Å². The van der Waals surface area contributed by atoms with Crippen molar-refractivity contribution in [3.05, 3.63) is 54.6 Å². The highest BCUT2D eigenvalue weighted by Gasteiger charge is 2.45. The van der Waals surface area contributed by atoms with Crippen LogP contribution >= 0.6 is 0 Å². The second kappa shape index (κ2) is 9.48. The third-order valence-corrected chi connectivity index (χ3v) is 7.92. The number of nitrogens with one attached hydrogen (secondary N) is 2. The maximum Gasteiger partial charge on any atom is 0.179 e. The summed E-state index contributed by atoms with van der Waals surface area (Å²) in [6, 6.07) is 9.08. The lowest BCUT2D eigenvalue weighted by atomic mass is 9.72. The van der Waals surface area contributed by atoms with Gasteiger partial charge in [0.2, 0.25) is 0 Å². The standard InChI is InChI=1S/C24H29N7O3S/c1-17(31-14-24(15-31)7-10-34-11-8-24)18-5-6-20(26-13-18)29-21-12-22(28-16-27-21)30-23-19(35(2,32)33)4-3-9-25-23/h3-6,9,12-13,16-17H,7-8,10-11,14-15H2,1-2H3,(H2,25,26,27,28,29,30)/t17-/m1/s1. The summed E-state index contributed by atoms with van der Waals surface area (Å²) in [6.45, 7) is 6.22. The molecule has 0 aromatic carbocycles. The van der Waals surface area contributed by atoms with Gasteiger partial charge in [0.1, 0.15) is 34.5 Å². The summed E-state index contributed by atoms with van der Waals surface area (Å²) in [6.07, 6.45) is 8.26. The van der Waals surface area contributed by atoms with Gasteiger partial charge in [-0.05, 0) is 43.5 Å². The maximum atomic E-state index is 12.0. The number of ether oxygens (including phenoxy) is 1. The molecule has 11 heteroatoms. The molecule has 0 bridgehead atoms. The Kier molecular flexibility index (Phi) is 6.39. The normalized spacial score (nSPS) is 18.6. The largest absolute Gasteiger partial charge is 0.381 e. The molecule has 0 amide bonds. The van der Waals surface area contributed by atoms with E-state index in [9.17, 15) is 8.42 Å². The van der Waals surface area contributed by atoms with Crippen LogP contribution in [-0.2, 0) is 14.6 Å². The van der Waals surface area contributed by atoms with Crippen molar-refractivity contribution in [3.8, 4) is 0 Å². The lowest BCUT2D eigenvalue weighted by Gasteiger charge is -2.54. The van der Waals surface area contributed by atoms with Crippen LogP contribution in [0.2, 0.25) is 0 Å². The van der Waals surface area contributed by atoms with Crippen molar-refractivity contribution >= 4 is 33.1 Å². The summed E-state index contributed by atoms with van der Waals surface area (Å²) < 4.78 is 29.6. The molecule has 2 saturated heterocycles. The molecule has 0 radical (unpaired) electrons. The highest BCUT2D eigenvalue weighted by atomic mass is 32.2. The summed E-state index contributed by atoms with van der Waals surface area (Å²) in [5.41, 5.74) is 1.61. The molecule has 1 atom stereocenters. The van der Waals surface area contributed by atoms with Gasteiger partial charge in [-0.15, -0.1) is 0 Å². The Balaban J connectivity index is 1.23. The second-order valence-corrected chi connectivity index (χ2v) is 11.3. The molecule has 3 aromatic heterocycles. The number of aromatic nitrogens is 4. The fourth-order valence-corrected chi connectivity index (χ4v) is 5.46. The Bertz CT molecular complexity index is 1290. The molecule has 0 saturated carbocycles. The Morgan fingerprint density at radius 2 is 1.74 bits per heavy atom. The Morgan fingerprint density at radius 3 is 2.43 bits per heavy atom. The maximum absolute atomic E-state index is 12.0. The minimum absolute atomic E-state index is 0.101. The van der Waals surface area contributed by atoms with E-state index in [0.29, 0.717) is 28.9 Å². The van der Waals surface area contributed by atoms with Crippen molar-refractivity contribution in [2.24, 2.45) is 5.41 Å². The van der Waals surface area contributed by atoms with Crippen LogP contribution in [0.15, 0.2) is 53.9 Å². The van der Waals surface area contributed by atoms with Gasteiger partial charge in [-0.1, -0.05) is 6.07 Å². The summed E-state index contributed by atoms with van der Waals surface area (Å²) in [7, 11) is -3.44. The molecule has 2 fully saturated rings. The first-order chi connectivity index (χ1) is 16.8. The van der Waals surface area contributed by atoms with Crippen molar-refractivity contribution in [3.63, 3.8) is 0 Å². The van der Waals surface area contributed by atoms with E-state index < -0.39 is 9.84 Å². The molecular weight excluding hydrogens is 466 g/mol. The summed E-state index contributed by atoms with van der Waals surface area (Å²) in [4.78, 5) is 19.7. The monoisotopic (exact) mass is 495 g/mol. The van der Waals surface area contributed by atoms with Crippen molar-refractivity contribution in [1.82, 2.24) is 24.8 Å². The Morgan fingerprint density at radius 1 is 1.00 bits per heavy atom. The number of rotatable bonds is 7. The molecule has 1 spiro atoms. The van der Waals surface area contributed by atoms with Crippen LogP contribution in [0.4, 0.5) is 23.3 Å². The minimum Gasteiger partial charge on any atom is -0.381 e. The first-order valence-corrected chi connectivity index (χ1v) is 13.5. The molecule has 10 nitrogen and oxygen atoms in total. The zero-order chi connectivity index (χ0) is 24.5. The van der Waals surface area contributed by atoms with Crippen LogP contribution in [0.1, 0.15) is 31.4 Å². The summed E-state index contributed by atoms with van der Waals surface area (Å²) in [5, 5.41) is 6.14. The van der Waals surface area contributed by atoms with Crippen LogP contribution in [0.25, 0.3) is 0 Å². The van der Waals surface area contributed by atoms with E-state index >= 15 is 0 Å². The van der Waals surface area contributed by atoms with Gasteiger partial charge < -0.3 is 15.4 Å². The van der Waals surface area contributed by atoms with Crippen LogP contribution in [0.3, 0.4) is 0 Å². The third kappa shape index (κ3) is 5.26. The van der Waals surface area contributed by atoms with Gasteiger partial charge in [0, 0.05) is 62.5 Å². The van der Waals surface area contributed by atoms with Crippen LogP contribution in [0, 0.1) is 5.41 Å². The van der Waals surface area contributed by atoms with Gasteiger partial charge >= 0.3 is 0 Å². The number of nitrogens with zero attached hydrogens (tertiary/aromatic N) is 5. The summed E-state index contributed by atoms with van der Waals surface area (Å²) >= 11 is 0.